The quantitative estimate of drug-likeness (QED) is 0.942. The zero-order valence-corrected chi connectivity index (χ0v) is 11.5. The fourth-order valence-corrected chi connectivity index (χ4v) is 1.99. The van der Waals surface area contributed by atoms with Gasteiger partial charge in [0.05, 0.1) is 17.6 Å². The number of halogens is 1. The van der Waals surface area contributed by atoms with Crippen LogP contribution in [0.25, 0.3) is 5.69 Å². The molecule has 0 aliphatic rings. The second kappa shape index (κ2) is 5.42. The molecule has 1 heterocycles. The summed E-state index contributed by atoms with van der Waals surface area (Å²) in [6.45, 7) is 5.86. The molecule has 17 heavy (non-hydrogen) atoms. The van der Waals surface area contributed by atoms with Gasteiger partial charge in [-0.25, -0.2) is 4.68 Å². The van der Waals surface area contributed by atoms with Crippen molar-refractivity contribution in [2.45, 2.75) is 20.4 Å². The smallest absolute Gasteiger partial charge is 0.0783 e. The van der Waals surface area contributed by atoms with Gasteiger partial charge in [-0.1, -0.05) is 34.1 Å². The van der Waals surface area contributed by atoms with E-state index in [0.29, 0.717) is 0 Å². The first-order valence-corrected chi connectivity index (χ1v) is 6.38. The highest BCUT2D eigenvalue weighted by molar-refractivity contribution is 9.10. The van der Waals surface area contributed by atoms with E-state index in [9.17, 15) is 0 Å². The first-order chi connectivity index (χ1) is 8.22. The van der Waals surface area contributed by atoms with Crippen LogP contribution >= 0.6 is 15.9 Å². The molecule has 0 amide bonds. The first kappa shape index (κ1) is 12.3. The van der Waals surface area contributed by atoms with E-state index in [1.165, 1.54) is 5.56 Å². The largest absolute Gasteiger partial charge is 0.311 e. The van der Waals surface area contributed by atoms with Crippen LogP contribution in [0.5, 0.6) is 0 Å². The molecule has 1 aromatic heterocycles. The molecule has 0 aliphatic heterocycles. The van der Waals surface area contributed by atoms with E-state index < -0.39 is 0 Å². The molecule has 90 valence electrons. The minimum absolute atomic E-state index is 0.773. The lowest BCUT2D eigenvalue weighted by Crippen LogP contribution is -2.15. The van der Waals surface area contributed by atoms with Gasteiger partial charge in [0.15, 0.2) is 0 Å². The third kappa shape index (κ3) is 2.73. The van der Waals surface area contributed by atoms with Crippen LogP contribution in [0.4, 0.5) is 0 Å². The molecule has 1 N–H and O–H groups in total. The monoisotopic (exact) mass is 294 g/mol. The zero-order chi connectivity index (χ0) is 12.3. The lowest BCUT2D eigenvalue weighted by atomic mass is 10.2. The first-order valence-electron chi connectivity index (χ1n) is 5.59. The van der Waals surface area contributed by atoms with Crippen LogP contribution in [0, 0.1) is 6.92 Å². The predicted octanol–water partition coefficient (Wildman–Crippen LogP) is 2.45. The Bertz CT molecular complexity index is 507. The van der Waals surface area contributed by atoms with Crippen molar-refractivity contribution >= 4 is 15.9 Å². The van der Waals surface area contributed by atoms with E-state index in [-0.39, 0.29) is 0 Å². The van der Waals surface area contributed by atoms with Crippen LogP contribution in [0.15, 0.2) is 28.9 Å². The Kier molecular flexibility index (Phi) is 3.91. The Morgan fingerprint density at radius 1 is 1.41 bits per heavy atom. The van der Waals surface area contributed by atoms with Crippen molar-refractivity contribution in [3.8, 4) is 5.69 Å². The second-order valence-corrected chi connectivity index (χ2v) is 4.76. The maximum atomic E-state index is 4.15. The molecule has 0 spiro atoms. The molecular formula is C12H15BrN4. The lowest BCUT2D eigenvalue weighted by Gasteiger charge is -2.09. The van der Waals surface area contributed by atoms with Gasteiger partial charge in [-0.15, -0.1) is 5.10 Å². The third-order valence-corrected chi connectivity index (χ3v) is 3.07. The molecule has 4 nitrogen and oxygen atoms in total. The number of nitrogens with zero attached hydrogens (tertiary/aromatic N) is 3. The number of benzene rings is 1. The Morgan fingerprint density at radius 3 is 3.00 bits per heavy atom. The Labute approximate surface area is 109 Å². The minimum atomic E-state index is 0.773. The Morgan fingerprint density at radius 2 is 2.24 bits per heavy atom. The van der Waals surface area contributed by atoms with Gasteiger partial charge in [0.1, 0.15) is 0 Å². The number of aromatic nitrogens is 3. The van der Waals surface area contributed by atoms with Crippen molar-refractivity contribution < 1.29 is 0 Å². The average Bonchev–Trinajstić information content (AvgIpc) is 2.77. The van der Waals surface area contributed by atoms with Crippen LogP contribution in [0.2, 0.25) is 0 Å². The fraction of sp³-hybridized carbons (Fsp3) is 0.333. The van der Waals surface area contributed by atoms with Gasteiger partial charge >= 0.3 is 0 Å². The van der Waals surface area contributed by atoms with E-state index in [0.717, 1.165) is 28.9 Å². The van der Waals surface area contributed by atoms with Crippen molar-refractivity contribution in [2.24, 2.45) is 0 Å². The van der Waals surface area contributed by atoms with Gasteiger partial charge in [0, 0.05) is 11.0 Å². The lowest BCUT2D eigenvalue weighted by molar-refractivity contribution is 0.671. The predicted molar refractivity (Wildman–Crippen MR) is 71.2 cm³/mol. The highest BCUT2D eigenvalue weighted by atomic mass is 79.9. The fourth-order valence-electron chi connectivity index (χ4n) is 1.64. The molecule has 0 radical (unpaired) electrons. The van der Waals surface area contributed by atoms with E-state index in [4.69, 9.17) is 0 Å². The molecule has 0 saturated heterocycles. The Balaban J connectivity index is 2.38. The van der Waals surface area contributed by atoms with Crippen LogP contribution in [-0.2, 0) is 6.54 Å². The van der Waals surface area contributed by atoms with Gasteiger partial charge < -0.3 is 5.32 Å². The van der Waals surface area contributed by atoms with Gasteiger partial charge in [-0.2, -0.15) is 0 Å². The molecule has 2 rings (SSSR count). The number of hydrogen-bond acceptors (Lipinski definition) is 3. The molecule has 0 unspecified atom stereocenters. The summed E-state index contributed by atoms with van der Waals surface area (Å²) < 4.78 is 2.92. The van der Waals surface area contributed by atoms with Crippen LogP contribution in [0.1, 0.15) is 18.2 Å². The summed E-state index contributed by atoms with van der Waals surface area (Å²) in [6, 6.07) is 6.15. The molecule has 1 aromatic carbocycles. The number of nitrogens with one attached hydrogen (secondary N) is 1. The van der Waals surface area contributed by atoms with Crippen molar-refractivity contribution in [1.82, 2.24) is 20.3 Å². The second-order valence-electron chi connectivity index (χ2n) is 3.85. The summed E-state index contributed by atoms with van der Waals surface area (Å²) >= 11 is 3.48. The highest BCUT2D eigenvalue weighted by Gasteiger charge is 2.08. The minimum Gasteiger partial charge on any atom is -0.311 e. The summed E-state index contributed by atoms with van der Waals surface area (Å²) in [4.78, 5) is 0. The summed E-state index contributed by atoms with van der Waals surface area (Å²) in [7, 11) is 0. The highest BCUT2D eigenvalue weighted by Crippen LogP contribution is 2.20. The normalized spacial score (nSPS) is 10.8. The van der Waals surface area contributed by atoms with Crippen LogP contribution in [-0.4, -0.2) is 21.5 Å². The van der Waals surface area contributed by atoms with E-state index in [2.05, 4.69) is 57.5 Å². The van der Waals surface area contributed by atoms with Gasteiger partial charge in [-0.3, -0.25) is 0 Å². The SMILES string of the molecule is CCNCc1cnnn1-c1cc(Br)ccc1C. The summed E-state index contributed by atoms with van der Waals surface area (Å²) in [5.74, 6) is 0. The van der Waals surface area contributed by atoms with Crippen molar-refractivity contribution in [3.63, 3.8) is 0 Å². The van der Waals surface area contributed by atoms with Crippen LogP contribution < -0.4 is 5.32 Å². The Hall–Kier alpha value is -1.20. The molecular weight excluding hydrogens is 280 g/mol. The zero-order valence-electron chi connectivity index (χ0n) is 9.94. The van der Waals surface area contributed by atoms with Gasteiger partial charge in [0.2, 0.25) is 0 Å². The molecule has 2 aromatic rings. The number of hydrogen-bond donors (Lipinski definition) is 1. The van der Waals surface area contributed by atoms with E-state index in [1.807, 2.05) is 10.7 Å². The molecule has 0 aliphatic carbocycles. The maximum absolute atomic E-state index is 4.15. The summed E-state index contributed by atoms with van der Waals surface area (Å²) in [6.07, 6.45) is 1.79. The van der Waals surface area contributed by atoms with Gasteiger partial charge in [0.25, 0.3) is 0 Å². The van der Waals surface area contributed by atoms with E-state index >= 15 is 0 Å². The molecule has 5 heteroatoms. The average molecular weight is 295 g/mol. The van der Waals surface area contributed by atoms with Gasteiger partial charge in [-0.05, 0) is 31.2 Å². The standard InChI is InChI=1S/C12H15BrN4/c1-3-14-7-11-8-15-16-17(11)12-6-10(13)5-4-9(12)2/h4-6,8,14H,3,7H2,1-2H3. The summed E-state index contributed by atoms with van der Waals surface area (Å²) in [5, 5.41) is 11.4. The third-order valence-electron chi connectivity index (χ3n) is 2.58. The van der Waals surface area contributed by atoms with E-state index in [1.54, 1.807) is 6.20 Å². The van der Waals surface area contributed by atoms with Crippen molar-refractivity contribution in [1.29, 1.82) is 0 Å². The molecule has 0 atom stereocenters. The molecule has 0 saturated carbocycles. The maximum Gasteiger partial charge on any atom is 0.0783 e. The topological polar surface area (TPSA) is 42.7 Å². The molecule has 0 fully saturated rings. The number of rotatable bonds is 4. The molecule has 0 bridgehead atoms. The van der Waals surface area contributed by atoms with Crippen molar-refractivity contribution in [3.05, 3.63) is 40.1 Å². The summed E-state index contributed by atoms with van der Waals surface area (Å²) in [5.41, 5.74) is 3.30. The van der Waals surface area contributed by atoms with Crippen LogP contribution in [0.3, 0.4) is 0 Å². The number of aryl methyl sites for hydroxylation is 1. The van der Waals surface area contributed by atoms with Crippen molar-refractivity contribution in [2.75, 3.05) is 6.54 Å².